The summed E-state index contributed by atoms with van der Waals surface area (Å²) in [5.74, 6) is -0.533. The highest BCUT2D eigenvalue weighted by Gasteiger charge is 2.28. The van der Waals surface area contributed by atoms with Crippen LogP contribution < -0.4 is 4.74 Å². The van der Waals surface area contributed by atoms with Crippen LogP contribution in [0.1, 0.15) is 25.1 Å². The molecule has 3 rings (SSSR count). The molecule has 2 aromatic carbocycles. The number of hydrogen-bond acceptors (Lipinski definition) is 2. The number of nitrogens with zero attached hydrogens (tertiary/aromatic N) is 1. The van der Waals surface area contributed by atoms with E-state index in [0.29, 0.717) is 4.77 Å². The topological polar surface area (TPSA) is 29.9 Å². The SMILES string of the molecule is COc1cc(C(C)(C)c2c[nH]c(=S)n2-c2ccc(F)cc2)ccc1F. The lowest BCUT2D eigenvalue weighted by Gasteiger charge is -2.27. The number of aromatic amines is 1. The summed E-state index contributed by atoms with van der Waals surface area (Å²) >= 11 is 5.40. The zero-order valence-electron chi connectivity index (χ0n) is 14.1. The van der Waals surface area contributed by atoms with Gasteiger partial charge in [-0.1, -0.05) is 19.9 Å². The first kappa shape index (κ1) is 17.4. The average Bonchev–Trinajstić information content (AvgIpc) is 2.98. The standard InChI is InChI=1S/C19H18F2N2OS/c1-19(2,12-4-9-15(21)16(10-12)24-3)17-11-22-18(25)23(17)14-7-5-13(20)6-8-14/h4-11H,1-3H3,(H,22,25). The molecule has 1 N–H and O–H groups in total. The van der Waals surface area contributed by atoms with Crippen molar-refractivity contribution in [1.29, 1.82) is 0 Å². The van der Waals surface area contributed by atoms with Crippen molar-refractivity contribution >= 4 is 12.2 Å². The molecule has 0 aliphatic heterocycles. The normalized spacial score (nSPS) is 11.6. The first-order valence-electron chi connectivity index (χ1n) is 7.75. The highest BCUT2D eigenvalue weighted by molar-refractivity contribution is 7.71. The summed E-state index contributed by atoms with van der Waals surface area (Å²) in [7, 11) is 1.44. The fourth-order valence-corrected chi connectivity index (χ4v) is 3.13. The third kappa shape index (κ3) is 3.09. The second kappa shape index (κ2) is 6.44. The molecule has 0 bridgehead atoms. The van der Waals surface area contributed by atoms with E-state index in [4.69, 9.17) is 17.0 Å². The number of nitrogens with one attached hydrogen (secondary N) is 1. The second-order valence-corrected chi connectivity index (χ2v) is 6.65. The number of methoxy groups -OCH3 is 1. The molecule has 25 heavy (non-hydrogen) atoms. The van der Waals surface area contributed by atoms with Crippen molar-refractivity contribution in [3.63, 3.8) is 0 Å². The van der Waals surface area contributed by atoms with Crippen LogP contribution in [0.25, 0.3) is 5.69 Å². The molecule has 0 saturated heterocycles. The second-order valence-electron chi connectivity index (χ2n) is 6.27. The van der Waals surface area contributed by atoms with Crippen molar-refractivity contribution in [3.8, 4) is 11.4 Å². The highest BCUT2D eigenvalue weighted by atomic mass is 32.1. The van der Waals surface area contributed by atoms with E-state index in [1.807, 2.05) is 24.6 Å². The molecule has 0 spiro atoms. The van der Waals surface area contributed by atoms with Crippen LogP contribution in [-0.2, 0) is 5.41 Å². The number of rotatable bonds is 4. The van der Waals surface area contributed by atoms with Crippen LogP contribution >= 0.6 is 12.2 Å². The Morgan fingerprint density at radius 1 is 1.08 bits per heavy atom. The first-order valence-corrected chi connectivity index (χ1v) is 8.16. The van der Waals surface area contributed by atoms with Gasteiger partial charge in [-0.05, 0) is 54.2 Å². The number of H-pyrrole nitrogens is 1. The lowest BCUT2D eigenvalue weighted by molar-refractivity contribution is 0.384. The fraction of sp³-hybridized carbons (Fsp3) is 0.211. The number of hydrogen-bond donors (Lipinski definition) is 1. The average molecular weight is 360 g/mol. The monoisotopic (exact) mass is 360 g/mol. The molecule has 3 nitrogen and oxygen atoms in total. The molecule has 0 aliphatic carbocycles. The van der Waals surface area contributed by atoms with Gasteiger partial charge in [0.15, 0.2) is 16.3 Å². The van der Waals surface area contributed by atoms with E-state index >= 15 is 0 Å². The quantitative estimate of drug-likeness (QED) is 0.652. The van der Waals surface area contributed by atoms with Crippen molar-refractivity contribution in [3.05, 3.63) is 76.3 Å². The predicted octanol–water partition coefficient (Wildman–Crippen LogP) is 5.15. The van der Waals surface area contributed by atoms with Gasteiger partial charge in [0.1, 0.15) is 5.82 Å². The van der Waals surface area contributed by atoms with E-state index in [0.717, 1.165) is 16.9 Å². The summed E-state index contributed by atoms with van der Waals surface area (Å²) in [4.78, 5) is 3.04. The molecule has 1 aromatic heterocycles. The van der Waals surface area contributed by atoms with Gasteiger partial charge in [-0.25, -0.2) is 8.78 Å². The number of imidazole rings is 1. The van der Waals surface area contributed by atoms with Gasteiger partial charge in [0, 0.05) is 17.3 Å². The van der Waals surface area contributed by atoms with Gasteiger partial charge in [0.25, 0.3) is 0 Å². The molecule has 0 atom stereocenters. The maximum atomic E-state index is 13.8. The molecule has 0 fully saturated rings. The Labute approximate surface area is 149 Å². The maximum Gasteiger partial charge on any atom is 0.182 e. The van der Waals surface area contributed by atoms with E-state index in [1.54, 1.807) is 24.3 Å². The minimum absolute atomic E-state index is 0.188. The van der Waals surface area contributed by atoms with Gasteiger partial charge in [-0.15, -0.1) is 0 Å². The van der Waals surface area contributed by atoms with Crippen LogP contribution in [0.15, 0.2) is 48.7 Å². The third-order valence-corrected chi connectivity index (χ3v) is 4.67. The summed E-state index contributed by atoms with van der Waals surface area (Å²) in [5.41, 5.74) is 2.00. The summed E-state index contributed by atoms with van der Waals surface area (Å²) in [6, 6.07) is 10.9. The molecule has 0 unspecified atom stereocenters. The van der Waals surface area contributed by atoms with Gasteiger partial charge in [-0.3, -0.25) is 4.57 Å². The van der Waals surface area contributed by atoms with Gasteiger partial charge in [0.2, 0.25) is 0 Å². The molecule has 130 valence electrons. The Morgan fingerprint density at radius 2 is 1.76 bits per heavy atom. The van der Waals surface area contributed by atoms with Crippen molar-refractivity contribution in [2.24, 2.45) is 0 Å². The minimum atomic E-state index is -0.497. The molecule has 1 heterocycles. The van der Waals surface area contributed by atoms with Crippen molar-refractivity contribution < 1.29 is 13.5 Å². The Kier molecular flexibility index (Phi) is 4.47. The molecule has 0 radical (unpaired) electrons. The number of ether oxygens (including phenoxy) is 1. The highest BCUT2D eigenvalue weighted by Crippen LogP contribution is 2.35. The lowest BCUT2D eigenvalue weighted by atomic mass is 9.81. The van der Waals surface area contributed by atoms with Crippen molar-refractivity contribution in [2.45, 2.75) is 19.3 Å². The summed E-state index contributed by atoms with van der Waals surface area (Å²) in [6.45, 7) is 4.02. The zero-order valence-corrected chi connectivity index (χ0v) is 15.0. The lowest BCUT2D eigenvalue weighted by Crippen LogP contribution is -2.23. The van der Waals surface area contributed by atoms with Gasteiger partial charge in [-0.2, -0.15) is 0 Å². The predicted molar refractivity (Wildman–Crippen MR) is 96.0 cm³/mol. The van der Waals surface area contributed by atoms with E-state index < -0.39 is 11.2 Å². The Bertz CT molecular complexity index is 958. The third-order valence-electron chi connectivity index (χ3n) is 4.37. The van der Waals surface area contributed by atoms with Gasteiger partial charge in [0.05, 0.1) is 12.8 Å². The number of halogens is 2. The van der Waals surface area contributed by atoms with Crippen LogP contribution in [0.4, 0.5) is 8.78 Å². The van der Waals surface area contributed by atoms with Crippen LogP contribution in [0, 0.1) is 16.4 Å². The van der Waals surface area contributed by atoms with Crippen LogP contribution in [0.2, 0.25) is 0 Å². The van der Waals surface area contributed by atoms with Gasteiger partial charge < -0.3 is 9.72 Å². The first-order chi connectivity index (χ1) is 11.8. The van der Waals surface area contributed by atoms with Crippen LogP contribution in [0.5, 0.6) is 5.75 Å². The number of benzene rings is 2. The molecule has 0 aliphatic rings. The summed E-state index contributed by atoms with van der Waals surface area (Å²) < 4.78 is 34.5. The van der Waals surface area contributed by atoms with E-state index in [2.05, 4.69) is 4.98 Å². The van der Waals surface area contributed by atoms with E-state index in [9.17, 15) is 8.78 Å². The van der Waals surface area contributed by atoms with Crippen molar-refractivity contribution in [2.75, 3.05) is 7.11 Å². The van der Waals surface area contributed by atoms with Gasteiger partial charge >= 0.3 is 0 Å². The van der Waals surface area contributed by atoms with Crippen LogP contribution in [0.3, 0.4) is 0 Å². The molecular weight excluding hydrogens is 342 g/mol. The minimum Gasteiger partial charge on any atom is -0.494 e. The zero-order chi connectivity index (χ0) is 18.2. The summed E-state index contributed by atoms with van der Waals surface area (Å²) in [6.07, 6.45) is 1.82. The Balaban J connectivity index is 2.16. The van der Waals surface area contributed by atoms with Crippen LogP contribution in [-0.4, -0.2) is 16.7 Å². The number of aromatic nitrogens is 2. The van der Waals surface area contributed by atoms with E-state index in [1.165, 1.54) is 25.3 Å². The fourth-order valence-electron chi connectivity index (χ4n) is 2.87. The van der Waals surface area contributed by atoms with Crippen molar-refractivity contribution in [1.82, 2.24) is 9.55 Å². The molecule has 0 amide bonds. The maximum absolute atomic E-state index is 13.8. The smallest absolute Gasteiger partial charge is 0.182 e. The molecule has 3 aromatic rings. The Morgan fingerprint density at radius 3 is 2.40 bits per heavy atom. The molecular formula is C19H18F2N2OS. The summed E-state index contributed by atoms with van der Waals surface area (Å²) in [5, 5.41) is 0. The molecule has 6 heteroatoms. The molecule has 0 saturated carbocycles. The Hall–Kier alpha value is -2.47. The largest absolute Gasteiger partial charge is 0.494 e. The van der Waals surface area contributed by atoms with E-state index in [-0.39, 0.29) is 11.6 Å².